The molecule has 1 amide bonds. The van der Waals surface area contributed by atoms with Gasteiger partial charge in [-0.1, -0.05) is 28.9 Å². The van der Waals surface area contributed by atoms with Gasteiger partial charge in [-0.05, 0) is 37.6 Å². The molecule has 1 fully saturated rings. The Labute approximate surface area is 134 Å². The van der Waals surface area contributed by atoms with E-state index in [4.69, 9.17) is 16.1 Å². The SMILES string of the molecule is O=C(C[C@H]1CCNC1)NCc1cc(-c2cccc(Cl)c2)no1. The van der Waals surface area contributed by atoms with Gasteiger partial charge in [0, 0.05) is 23.1 Å². The van der Waals surface area contributed by atoms with Gasteiger partial charge in [-0.15, -0.1) is 0 Å². The molecular weight excluding hydrogens is 302 g/mol. The van der Waals surface area contributed by atoms with Crippen molar-refractivity contribution in [2.45, 2.75) is 19.4 Å². The van der Waals surface area contributed by atoms with Gasteiger partial charge >= 0.3 is 0 Å². The number of carbonyl (C=O) groups is 1. The van der Waals surface area contributed by atoms with E-state index < -0.39 is 0 Å². The second kappa shape index (κ2) is 6.94. The normalized spacial score (nSPS) is 17.6. The van der Waals surface area contributed by atoms with E-state index in [1.165, 1.54) is 0 Å². The summed E-state index contributed by atoms with van der Waals surface area (Å²) < 4.78 is 5.26. The quantitative estimate of drug-likeness (QED) is 0.889. The smallest absolute Gasteiger partial charge is 0.220 e. The molecule has 0 bridgehead atoms. The standard InChI is InChI=1S/C16H18ClN3O2/c17-13-3-1-2-12(7-13)15-8-14(22-20-15)10-19-16(21)6-11-4-5-18-9-11/h1-3,7-8,11,18H,4-6,9-10H2,(H,19,21)/t11-/m1/s1. The molecule has 116 valence electrons. The summed E-state index contributed by atoms with van der Waals surface area (Å²) >= 11 is 5.96. The number of benzene rings is 1. The first-order valence-electron chi connectivity index (χ1n) is 7.39. The molecule has 22 heavy (non-hydrogen) atoms. The lowest BCUT2D eigenvalue weighted by Crippen LogP contribution is -2.25. The summed E-state index contributed by atoms with van der Waals surface area (Å²) in [5, 5.41) is 10.8. The molecule has 2 heterocycles. The summed E-state index contributed by atoms with van der Waals surface area (Å²) in [6, 6.07) is 9.24. The van der Waals surface area contributed by atoms with Crippen LogP contribution in [-0.2, 0) is 11.3 Å². The molecule has 6 heteroatoms. The van der Waals surface area contributed by atoms with Crippen molar-refractivity contribution >= 4 is 17.5 Å². The molecule has 1 aromatic heterocycles. The van der Waals surface area contributed by atoms with Crippen molar-refractivity contribution in [2.75, 3.05) is 13.1 Å². The lowest BCUT2D eigenvalue weighted by molar-refractivity contribution is -0.122. The third-order valence-corrected chi connectivity index (χ3v) is 4.01. The van der Waals surface area contributed by atoms with Crippen LogP contribution in [0, 0.1) is 5.92 Å². The molecule has 1 atom stereocenters. The van der Waals surface area contributed by atoms with Crippen LogP contribution in [0.5, 0.6) is 0 Å². The van der Waals surface area contributed by atoms with E-state index in [-0.39, 0.29) is 5.91 Å². The monoisotopic (exact) mass is 319 g/mol. The highest BCUT2D eigenvalue weighted by Crippen LogP contribution is 2.22. The first-order valence-corrected chi connectivity index (χ1v) is 7.77. The molecule has 1 aromatic carbocycles. The van der Waals surface area contributed by atoms with Crippen molar-refractivity contribution in [1.29, 1.82) is 0 Å². The Morgan fingerprint density at radius 3 is 3.14 bits per heavy atom. The summed E-state index contributed by atoms with van der Waals surface area (Å²) in [7, 11) is 0. The van der Waals surface area contributed by atoms with Gasteiger partial charge in [-0.3, -0.25) is 4.79 Å². The Balaban J connectivity index is 1.54. The van der Waals surface area contributed by atoms with Crippen molar-refractivity contribution in [2.24, 2.45) is 5.92 Å². The number of rotatable bonds is 5. The van der Waals surface area contributed by atoms with Gasteiger partial charge in [0.2, 0.25) is 5.91 Å². The number of carbonyl (C=O) groups excluding carboxylic acids is 1. The summed E-state index contributed by atoms with van der Waals surface area (Å²) in [5.74, 6) is 1.12. The predicted octanol–water partition coefficient (Wildman–Crippen LogP) is 2.61. The Kier molecular flexibility index (Phi) is 4.75. The number of hydrogen-bond donors (Lipinski definition) is 2. The van der Waals surface area contributed by atoms with Gasteiger partial charge in [0.05, 0.1) is 6.54 Å². The van der Waals surface area contributed by atoms with Crippen LogP contribution in [0.15, 0.2) is 34.9 Å². The zero-order valence-corrected chi connectivity index (χ0v) is 12.9. The number of nitrogens with one attached hydrogen (secondary N) is 2. The van der Waals surface area contributed by atoms with Crippen LogP contribution in [0.25, 0.3) is 11.3 Å². The van der Waals surface area contributed by atoms with E-state index in [0.29, 0.717) is 35.4 Å². The zero-order valence-electron chi connectivity index (χ0n) is 12.1. The summed E-state index contributed by atoms with van der Waals surface area (Å²) in [4.78, 5) is 11.9. The van der Waals surface area contributed by atoms with Gasteiger partial charge < -0.3 is 15.2 Å². The second-order valence-electron chi connectivity index (χ2n) is 5.53. The van der Waals surface area contributed by atoms with E-state index in [0.717, 1.165) is 25.1 Å². The topological polar surface area (TPSA) is 67.2 Å². The van der Waals surface area contributed by atoms with Crippen LogP contribution in [-0.4, -0.2) is 24.2 Å². The average Bonchev–Trinajstić information content (AvgIpc) is 3.16. The van der Waals surface area contributed by atoms with E-state index in [1.807, 2.05) is 30.3 Å². The molecule has 0 aliphatic carbocycles. The Morgan fingerprint density at radius 1 is 1.45 bits per heavy atom. The number of aromatic nitrogens is 1. The highest BCUT2D eigenvalue weighted by Gasteiger charge is 2.18. The fourth-order valence-electron chi connectivity index (χ4n) is 2.59. The molecule has 1 aliphatic heterocycles. The molecule has 0 radical (unpaired) electrons. The van der Waals surface area contributed by atoms with Crippen LogP contribution in [0.1, 0.15) is 18.6 Å². The average molecular weight is 320 g/mol. The largest absolute Gasteiger partial charge is 0.359 e. The van der Waals surface area contributed by atoms with Crippen molar-refractivity contribution in [3.8, 4) is 11.3 Å². The van der Waals surface area contributed by atoms with Crippen LogP contribution in [0.4, 0.5) is 0 Å². The molecule has 1 saturated heterocycles. The highest BCUT2D eigenvalue weighted by atomic mass is 35.5. The molecular formula is C16H18ClN3O2. The van der Waals surface area contributed by atoms with Crippen molar-refractivity contribution in [1.82, 2.24) is 15.8 Å². The molecule has 2 N–H and O–H groups in total. The molecule has 1 aliphatic rings. The van der Waals surface area contributed by atoms with Gasteiger partial charge in [0.15, 0.2) is 5.76 Å². The first kappa shape index (κ1) is 15.1. The fourth-order valence-corrected chi connectivity index (χ4v) is 2.78. The molecule has 0 spiro atoms. The third-order valence-electron chi connectivity index (χ3n) is 3.78. The molecule has 0 unspecified atom stereocenters. The van der Waals surface area contributed by atoms with Crippen LogP contribution >= 0.6 is 11.6 Å². The van der Waals surface area contributed by atoms with Crippen molar-refractivity contribution in [3.05, 3.63) is 41.1 Å². The van der Waals surface area contributed by atoms with E-state index in [2.05, 4.69) is 15.8 Å². The van der Waals surface area contributed by atoms with Crippen LogP contribution in [0.2, 0.25) is 5.02 Å². The van der Waals surface area contributed by atoms with Crippen LogP contribution in [0.3, 0.4) is 0 Å². The van der Waals surface area contributed by atoms with Gasteiger partial charge in [0.25, 0.3) is 0 Å². The minimum atomic E-state index is 0.0504. The number of halogens is 1. The third kappa shape index (κ3) is 3.87. The summed E-state index contributed by atoms with van der Waals surface area (Å²) in [6.45, 7) is 2.28. The van der Waals surface area contributed by atoms with E-state index in [9.17, 15) is 4.79 Å². The fraction of sp³-hybridized carbons (Fsp3) is 0.375. The van der Waals surface area contributed by atoms with Crippen molar-refractivity contribution in [3.63, 3.8) is 0 Å². The Hall–Kier alpha value is -1.85. The molecule has 0 saturated carbocycles. The maximum Gasteiger partial charge on any atom is 0.220 e. The maximum atomic E-state index is 11.9. The van der Waals surface area contributed by atoms with E-state index in [1.54, 1.807) is 0 Å². The minimum Gasteiger partial charge on any atom is -0.359 e. The highest BCUT2D eigenvalue weighted by molar-refractivity contribution is 6.30. The summed E-state index contributed by atoms with van der Waals surface area (Å²) in [6.07, 6.45) is 1.62. The van der Waals surface area contributed by atoms with Crippen LogP contribution < -0.4 is 10.6 Å². The molecule has 2 aromatic rings. The summed E-state index contributed by atoms with van der Waals surface area (Å²) in [5.41, 5.74) is 1.61. The molecule has 3 rings (SSSR count). The molecule has 5 nitrogen and oxygen atoms in total. The lowest BCUT2D eigenvalue weighted by Gasteiger charge is -2.07. The van der Waals surface area contributed by atoms with Gasteiger partial charge in [0.1, 0.15) is 5.69 Å². The Bertz CT molecular complexity index is 650. The van der Waals surface area contributed by atoms with Gasteiger partial charge in [-0.2, -0.15) is 0 Å². The van der Waals surface area contributed by atoms with Crippen molar-refractivity contribution < 1.29 is 9.32 Å². The Morgan fingerprint density at radius 2 is 2.36 bits per heavy atom. The zero-order chi connectivity index (χ0) is 15.4. The first-order chi connectivity index (χ1) is 10.7. The minimum absolute atomic E-state index is 0.0504. The number of amides is 1. The number of nitrogens with zero attached hydrogens (tertiary/aromatic N) is 1. The van der Waals surface area contributed by atoms with Gasteiger partial charge in [-0.25, -0.2) is 0 Å². The van der Waals surface area contributed by atoms with E-state index >= 15 is 0 Å². The lowest BCUT2D eigenvalue weighted by atomic mass is 10.0. The second-order valence-corrected chi connectivity index (χ2v) is 5.96. The maximum absolute atomic E-state index is 11.9. The predicted molar refractivity (Wildman–Crippen MR) is 84.4 cm³/mol. The number of hydrogen-bond acceptors (Lipinski definition) is 4.